The predicted molar refractivity (Wildman–Crippen MR) is 78.3 cm³/mol. The molecule has 0 aromatic rings. The van der Waals surface area contributed by atoms with E-state index in [1.54, 1.807) is 4.90 Å². The summed E-state index contributed by atoms with van der Waals surface area (Å²) in [4.78, 5) is 25.8. The highest BCUT2D eigenvalue weighted by Gasteiger charge is 2.28. The highest BCUT2D eigenvalue weighted by molar-refractivity contribution is 5.85. The molecule has 116 valence electrons. The molecule has 0 bridgehead atoms. The first-order valence-electron chi connectivity index (χ1n) is 7.71. The van der Waals surface area contributed by atoms with Crippen molar-refractivity contribution >= 4 is 11.9 Å². The number of ether oxygens (including phenoxy) is 1. The van der Waals surface area contributed by atoms with Gasteiger partial charge in [0.2, 0.25) is 5.91 Å². The lowest BCUT2D eigenvalue weighted by Crippen LogP contribution is -2.51. The number of esters is 1. The lowest BCUT2D eigenvalue weighted by atomic mass is 10.0. The van der Waals surface area contributed by atoms with Crippen molar-refractivity contribution in [2.24, 2.45) is 5.92 Å². The predicted octanol–water partition coefficient (Wildman–Crippen LogP) is 1.57. The number of nitrogens with zero attached hydrogens (tertiary/aromatic N) is 1. The molecule has 5 nitrogen and oxygen atoms in total. The number of methoxy groups -OCH3 is 1. The first-order valence-corrected chi connectivity index (χ1v) is 7.71. The second-order valence-corrected chi connectivity index (χ2v) is 5.48. The maximum atomic E-state index is 12.6. The van der Waals surface area contributed by atoms with Crippen molar-refractivity contribution in [3.63, 3.8) is 0 Å². The van der Waals surface area contributed by atoms with Crippen LogP contribution in [0.2, 0.25) is 0 Å². The van der Waals surface area contributed by atoms with Crippen LogP contribution in [0.1, 0.15) is 46.0 Å². The lowest BCUT2D eigenvalue weighted by molar-refractivity contribution is -0.148. The van der Waals surface area contributed by atoms with Gasteiger partial charge in [0.1, 0.15) is 6.54 Å². The van der Waals surface area contributed by atoms with E-state index in [4.69, 9.17) is 4.74 Å². The number of carbonyl (C=O) groups excluding carboxylic acids is 2. The Hall–Kier alpha value is -1.10. The van der Waals surface area contributed by atoms with E-state index in [1.807, 2.05) is 0 Å². The van der Waals surface area contributed by atoms with Crippen molar-refractivity contribution in [3.8, 4) is 0 Å². The van der Waals surface area contributed by atoms with Gasteiger partial charge < -0.3 is 15.0 Å². The minimum Gasteiger partial charge on any atom is -0.468 e. The zero-order chi connectivity index (χ0) is 15.0. The normalized spacial score (nSPS) is 18.9. The molecule has 1 saturated heterocycles. The van der Waals surface area contributed by atoms with E-state index in [1.165, 1.54) is 7.11 Å². The highest BCUT2D eigenvalue weighted by Crippen LogP contribution is 2.14. The van der Waals surface area contributed by atoms with Gasteiger partial charge in [0.15, 0.2) is 0 Å². The third-order valence-corrected chi connectivity index (χ3v) is 4.10. The zero-order valence-corrected chi connectivity index (χ0v) is 13.0. The van der Waals surface area contributed by atoms with Gasteiger partial charge in [0.25, 0.3) is 0 Å². The number of amides is 1. The van der Waals surface area contributed by atoms with Crippen LogP contribution in [0.25, 0.3) is 0 Å². The molecule has 0 aromatic heterocycles. The smallest absolute Gasteiger partial charge is 0.325 e. The largest absolute Gasteiger partial charge is 0.468 e. The molecule has 0 aromatic carbocycles. The average Bonchev–Trinajstić information content (AvgIpc) is 2.51. The van der Waals surface area contributed by atoms with Gasteiger partial charge in [0.05, 0.1) is 13.2 Å². The van der Waals surface area contributed by atoms with E-state index < -0.39 is 0 Å². The molecule has 1 aliphatic rings. The standard InChI is InChI=1S/C15H28N2O3/c1-4-12(5-2)10-17(11-14(18)20-3)15(19)13-8-6-7-9-16-13/h12-13,16H,4-11H2,1-3H3/t13-/m0/s1. The molecule has 20 heavy (non-hydrogen) atoms. The minimum atomic E-state index is -0.347. The molecule has 1 aliphatic heterocycles. The van der Waals surface area contributed by atoms with Gasteiger partial charge in [-0.3, -0.25) is 9.59 Å². The second kappa shape index (κ2) is 8.95. The molecular formula is C15H28N2O3. The summed E-state index contributed by atoms with van der Waals surface area (Å²) >= 11 is 0. The maximum absolute atomic E-state index is 12.6. The van der Waals surface area contributed by atoms with E-state index in [9.17, 15) is 9.59 Å². The summed E-state index contributed by atoms with van der Waals surface area (Å²) in [5.41, 5.74) is 0. The van der Waals surface area contributed by atoms with Crippen LogP contribution in [-0.2, 0) is 14.3 Å². The summed E-state index contributed by atoms with van der Waals surface area (Å²) in [5, 5.41) is 3.26. The zero-order valence-electron chi connectivity index (χ0n) is 13.0. The SMILES string of the molecule is CCC(CC)CN(CC(=O)OC)C(=O)[C@@H]1CCCCN1. The van der Waals surface area contributed by atoms with Crippen LogP contribution in [-0.4, -0.2) is 49.6 Å². The molecule has 0 spiro atoms. The molecule has 1 amide bonds. The monoisotopic (exact) mass is 284 g/mol. The van der Waals surface area contributed by atoms with Gasteiger partial charge in [0, 0.05) is 6.54 Å². The molecule has 0 unspecified atom stereocenters. The summed E-state index contributed by atoms with van der Waals surface area (Å²) in [6.07, 6.45) is 5.08. The van der Waals surface area contributed by atoms with Crippen molar-refractivity contribution in [1.82, 2.24) is 10.2 Å². The second-order valence-electron chi connectivity index (χ2n) is 5.48. The maximum Gasteiger partial charge on any atom is 0.325 e. The Morgan fingerprint density at radius 2 is 2.00 bits per heavy atom. The van der Waals surface area contributed by atoms with Crippen LogP contribution < -0.4 is 5.32 Å². The fourth-order valence-electron chi connectivity index (χ4n) is 2.59. The molecule has 1 atom stereocenters. The molecule has 0 radical (unpaired) electrons. The van der Waals surface area contributed by atoms with Crippen LogP contribution in [0.4, 0.5) is 0 Å². The summed E-state index contributed by atoms with van der Waals surface area (Å²) in [6, 6.07) is -0.136. The summed E-state index contributed by atoms with van der Waals surface area (Å²) in [5.74, 6) is 0.134. The fourth-order valence-corrected chi connectivity index (χ4v) is 2.59. The highest BCUT2D eigenvalue weighted by atomic mass is 16.5. The topological polar surface area (TPSA) is 58.6 Å². The summed E-state index contributed by atoms with van der Waals surface area (Å²) in [6.45, 7) is 5.82. The van der Waals surface area contributed by atoms with Gasteiger partial charge in [-0.25, -0.2) is 0 Å². The number of hydrogen-bond donors (Lipinski definition) is 1. The van der Waals surface area contributed by atoms with Crippen molar-refractivity contribution in [2.75, 3.05) is 26.7 Å². The Balaban J connectivity index is 2.68. The van der Waals surface area contributed by atoms with E-state index in [-0.39, 0.29) is 24.5 Å². The van der Waals surface area contributed by atoms with Crippen molar-refractivity contribution in [1.29, 1.82) is 0 Å². The molecule has 1 N–H and O–H groups in total. The van der Waals surface area contributed by atoms with Crippen molar-refractivity contribution in [2.45, 2.75) is 52.0 Å². The molecule has 5 heteroatoms. The van der Waals surface area contributed by atoms with Gasteiger partial charge in [-0.05, 0) is 25.3 Å². The van der Waals surface area contributed by atoms with Crippen LogP contribution in [0, 0.1) is 5.92 Å². The summed E-state index contributed by atoms with van der Waals surface area (Å²) in [7, 11) is 1.36. The van der Waals surface area contributed by atoms with Crippen LogP contribution in [0.3, 0.4) is 0 Å². The molecule has 1 heterocycles. The van der Waals surface area contributed by atoms with Crippen molar-refractivity contribution in [3.05, 3.63) is 0 Å². The number of rotatable bonds is 7. The number of hydrogen-bond acceptors (Lipinski definition) is 4. The number of carbonyl (C=O) groups is 2. The van der Waals surface area contributed by atoms with Gasteiger partial charge in [-0.1, -0.05) is 33.1 Å². The summed E-state index contributed by atoms with van der Waals surface area (Å²) < 4.78 is 4.71. The molecular weight excluding hydrogens is 256 g/mol. The number of piperidine rings is 1. The quantitative estimate of drug-likeness (QED) is 0.721. The van der Waals surface area contributed by atoms with Crippen molar-refractivity contribution < 1.29 is 14.3 Å². The number of nitrogens with one attached hydrogen (secondary N) is 1. The Labute approximate surface area is 122 Å². The van der Waals surface area contributed by atoms with Gasteiger partial charge in [-0.15, -0.1) is 0 Å². The minimum absolute atomic E-state index is 0.0435. The molecule has 0 aliphatic carbocycles. The first-order chi connectivity index (χ1) is 9.62. The Morgan fingerprint density at radius 1 is 1.30 bits per heavy atom. The van der Waals surface area contributed by atoms with E-state index in [0.29, 0.717) is 12.5 Å². The van der Waals surface area contributed by atoms with Crippen LogP contribution in [0.5, 0.6) is 0 Å². The Morgan fingerprint density at radius 3 is 2.50 bits per heavy atom. The third kappa shape index (κ3) is 5.12. The first kappa shape index (κ1) is 17.0. The van der Waals surface area contributed by atoms with E-state index in [0.717, 1.165) is 38.6 Å². The molecule has 1 rings (SSSR count). The van der Waals surface area contributed by atoms with Gasteiger partial charge >= 0.3 is 5.97 Å². The third-order valence-electron chi connectivity index (χ3n) is 4.10. The lowest BCUT2D eigenvalue weighted by Gasteiger charge is -2.31. The Bertz CT molecular complexity index is 310. The van der Waals surface area contributed by atoms with E-state index in [2.05, 4.69) is 19.2 Å². The fraction of sp³-hybridized carbons (Fsp3) is 0.867. The van der Waals surface area contributed by atoms with Crippen LogP contribution >= 0.6 is 0 Å². The van der Waals surface area contributed by atoms with Gasteiger partial charge in [-0.2, -0.15) is 0 Å². The average molecular weight is 284 g/mol. The molecule has 0 saturated carbocycles. The molecule has 1 fully saturated rings. The Kier molecular flexibility index (Phi) is 7.59. The van der Waals surface area contributed by atoms with E-state index >= 15 is 0 Å². The van der Waals surface area contributed by atoms with Crippen LogP contribution in [0.15, 0.2) is 0 Å².